The zero-order chi connectivity index (χ0) is 27.3. The topological polar surface area (TPSA) is 71.5 Å². The lowest BCUT2D eigenvalue weighted by atomic mass is 9.79. The van der Waals surface area contributed by atoms with Gasteiger partial charge in [-0.3, -0.25) is 9.59 Å². The molecule has 1 spiro atoms. The lowest BCUT2D eigenvalue weighted by molar-refractivity contribution is -0.279. The molecule has 1 N–H and O–H groups in total. The van der Waals surface area contributed by atoms with E-state index in [9.17, 15) is 22.8 Å². The quantitative estimate of drug-likeness (QED) is 0.387. The second-order valence-corrected chi connectivity index (χ2v) is 9.36. The smallest absolute Gasteiger partial charge is 0.364 e. The Hall–Kier alpha value is -3.57. The molecule has 0 aliphatic carbocycles. The summed E-state index contributed by atoms with van der Waals surface area (Å²) < 4.78 is 75.6. The van der Waals surface area contributed by atoms with Crippen LogP contribution in [-0.2, 0) is 16.5 Å². The summed E-state index contributed by atoms with van der Waals surface area (Å²) in [5.74, 6) is -5.01. The SMILES string of the molecule is O=C(Nc1ccc(C(=O)N2CCC(F)(F)C3(CCO3)c3cc(Cl)ccc32)cn1)c1ccccc1C(F)(F)F. The number of ether oxygens (including phenoxy) is 1. The minimum atomic E-state index is -4.73. The standard InChI is InChI=1S/C26H19ClF5N3O3/c27-16-6-7-20-19(13-16)24(10-12-38-24)25(28,29)9-11-35(20)23(37)15-5-8-21(33-14-15)34-22(36)17-3-1-2-4-18(17)26(30,31)32/h1-8,13-14H,9-12H2,(H,33,34,36). The number of anilines is 2. The number of hydrogen-bond donors (Lipinski definition) is 1. The fourth-order valence-corrected chi connectivity index (χ4v) is 4.89. The number of rotatable bonds is 3. The predicted octanol–water partition coefficient (Wildman–Crippen LogP) is 6.31. The van der Waals surface area contributed by atoms with E-state index in [1.807, 2.05) is 0 Å². The molecule has 2 amide bonds. The van der Waals surface area contributed by atoms with Crippen molar-refractivity contribution in [1.29, 1.82) is 0 Å². The highest BCUT2D eigenvalue weighted by Gasteiger charge is 2.62. The van der Waals surface area contributed by atoms with Crippen molar-refractivity contribution < 1.29 is 36.3 Å². The Morgan fingerprint density at radius 2 is 1.79 bits per heavy atom. The summed E-state index contributed by atoms with van der Waals surface area (Å²) in [4.78, 5) is 31.1. The van der Waals surface area contributed by atoms with Gasteiger partial charge >= 0.3 is 6.18 Å². The summed E-state index contributed by atoms with van der Waals surface area (Å²) in [7, 11) is 0. The van der Waals surface area contributed by atoms with E-state index in [-0.39, 0.29) is 47.2 Å². The van der Waals surface area contributed by atoms with Crippen LogP contribution in [0.3, 0.4) is 0 Å². The van der Waals surface area contributed by atoms with E-state index in [1.54, 1.807) is 0 Å². The first-order valence-electron chi connectivity index (χ1n) is 11.5. The van der Waals surface area contributed by atoms with Gasteiger partial charge in [0.25, 0.3) is 17.7 Å². The second kappa shape index (κ2) is 9.32. The third-order valence-corrected chi connectivity index (χ3v) is 6.94. The van der Waals surface area contributed by atoms with Crippen LogP contribution in [-0.4, -0.2) is 35.9 Å². The molecule has 1 unspecified atom stereocenters. The molecule has 1 atom stereocenters. The van der Waals surface area contributed by atoms with Gasteiger partial charge in [0.15, 0.2) is 5.60 Å². The number of nitrogens with one attached hydrogen (secondary N) is 1. The van der Waals surface area contributed by atoms with Crippen molar-refractivity contribution in [2.24, 2.45) is 0 Å². The van der Waals surface area contributed by atoms with Crippen molar-refractivity contribution in [3.63, 3.8) is 0 Å². The lowest BCUT2D eigenvalue weighted by Gasteiger charge is -2.46. The zero-order valence-corrected chi connectivity index (χ0v) is 20.2. The largest absolute Gasteiger partial charge is 0.417 e. The Morgan fingerprint density at radius 3 is 2.42 bits per heavy atom. The van der Waals surface area contributed by atoms with Gasteiger partial charge < -0.3 is 15.0 Å². The number of alkyl halides is 5. The van der Waals surface area contributed by atoms with E-state index in [0.717, 1.165) is 18.3 Å². The molecule has 2 aliphatic heterocycles. The maximum Gasteiger partial charge on any atom is 0.417 e. The number of hydrogen-bond acceptors (Lipinski definition) is 4. The van der Waals surface area contributed by atoms with E-state index in [2.05, 4.69) is 10.3 Å². The van der Waals surface area contributed by atoms with Gasteiger partial charge in [-0.15, -0.1) is 0 Å². The summed E-state index contributed by atoms with van der Waals surface area (Å²) >= 11 is 6.10. The lowest BCUT2D eigenvalue weighted by Crippen LogP contribution is -2.54. The molecule has 3 heterocycles. The van der Waals surface area contributed by atoms with E-state index in [0.29, 0.717) is 0 Å². The van der Waals surface area contributed by atoms with Gasteiger partial charge in [-0.05, 0) is 42.5 Å². The van der Waals surface area contributed by atoms with Crippen molar-refractivity contribution in [2.75, 3.05) is 23.4 Å². The molecule has 2 aromatic carbocycles. The summed E-state index contributed by atoms with van der Waals surface area (Å²) in [5.41, 5.74) is -3.19. The molecular formula is C26H19ClF5N3O3. The van der Waals surface area contributed by atoms with E-state index < -0.39 is 47.1 Å². The number of fused-ring (bicyclic) bond motifs is 2. The van der Waals surface area contributed by atoms with Crippen LogP contribution in [0.2, 0.25) is 5.02 Å². The third-order valence-electron chi connectivity index (χ3n) is 6.70. The maximum atomic E-state index is 15.2. The first-order valence-corrected chi connectivity index (χ1v) is 11.9. The maximum absolute atomic E-state index is 15.2. The summed E-state index contributed by atoms with van der Waals surface area (Å²) in [6, 6.07) is 11.2. The fourth-order valence-electron chi connectivity index (χ4n) is 4.72. The molecule has 2 aliphatic rings. The Morgan fingerprint density at radius 1 is 1.05 bits per heavy atom. The van der Waals surface area contributed by atoms with Gasteiger partial charge in [0.05, 0.1) is 29.0 Å². The van der Waals surface area contributed by atoms with Crippen molar-refractivity contribution in [3.8, 4) is 0 Å². The number of amides is 2. The van der Waals surface area contributed by atoms with Gasteiger partial charge in [0.2, 0.25) is 0 Å². The van der Waals surface area contributed by atoms with E-state index in [4.69, 9.17) is 16.3 Å². The molecule has 5 rings (SSSR count). The predicted molar refractivity (Wildman–Crippen MR) is 129 cm³/mol. The van der Waals surface area contributed by atoms with Crippen molar-refractivity contribution in [1.82, 2.24) is 4.98 Å². The minimum Gasteiger partial charge on any atom is -0.364 e. The molecule has 3 aromatic rings. The number of aromatic nitrogens is 1. The Labute approximate surface area is 218 Å². The first-order chi connectivity index (χ1) is 17.9. The van der Waals surface area contributed by atoms with Crippen LogP contribution in [0.15, 0.2) is 60.8 Å². The molecule has 38 heavy (non-hydrogen) atoms. The Kier molecular flexibility index (Phi) is 6.39. The van der Waals surface area contributed by atoms with Crippen LogP contribution < -0.4 is 10.2 Å². The van der Waals surface area contributed by atoms with E-state index >= 15 is 8.78 Å². The van der Waals surface area contributed by atoms with Crippen LogP contribution in [0.5, 0.6) is 0 Å². The normalized spacial score (nSPS) is 20.3. The third kappa shape index (κ3) is 4.39. The van der Waals surface area contributed by atoms with Gasteiger partial charge in [0, 0.05) is 36.2 Å². The Bertz CT molecular complexity index is 1410. The molecule has 0 radical (unpaired) electrons. The highest BCUT2D eigenvalue weighted by Crippen LogP contribution is 2.55. The molecule has 1 fully saturated rings. The molecule has 0 bridgehead atoms. The van der Waals surface area contributed by atoms with Crippen LogP contribution in [0.4, 0.5) is 33.5 Å². The van der Waals surface area contributed by atoms with Crippen molar-refractivity contribution in [3.05, 3.63) is 88.1 Å². The minimum absolute atomic E-state index is 0.0217. The number of pyridine rings is 1. The average Bonchev–Trinajstić information content (AvgIpc) is 2.94. The number of nitrogens with zero attached hydrogens (tertiary/aromatic N) is 2. The molecule has 0 saturated carbocycles. The molecule has 12 heteroatoms. The first kappa shape index (κ1) is 26.1. The highest BCUT2D eigenvalue weighted by atomic mass is 35.5. The number of carbonyl (C=O) groups is 2. The summed E-state index contributed by atoms with van der Waals surface area (Å²) in [6.07, 6.45) is -4.19. The van der Waals surface area contributed by atoms with Gasteiger partial charge in [-0.2, -0.15) is 13.2 Å². The van der Waals surface area contributed by atoms with Crippen molar-refractivity contribution >= 4 is 34.9 Å². The average molecular weight is 552 g/mol. The van der Waals surface area contributed by atoms with Crippen molar-refractivity contribution in [2.45, 2.75) is 30.5 Å². The number of halogens is 6. The monoisotopic (exact) mass is 551 g/mol. The van der Waals surface area contributed by atoms with Crippen LogP contribution in [0.1, 0.15) is 44.7 Å². The van der Waals surface area contributed by atoms with Gasteiger partial charge in [0.1, 0.15) is 5.82 Å². The van der Waals surface area contributed by atoms with Crippen LogP contribution in [0.25, 0.3) is 0 Å². The summed E-state index contributed by atoms with van der Waals surface area (Å²) in [5, 5.41) is 2.50. The van der Waals surface area contributed by atoms with E-state index in [1.165, 1.54) is 47.4 Å². The van der Waals surface area contributed by atoms with Gasteiger partial charge in [-0.25, -0.2) is 13.8 Å². The zero-order valence-electron chi connectivity index (χ0n) is 19.5. The van der Waals surface area contributed by atoms with Crippen LogP contribution >= 0.6 is 11.6 Å². The number of benzene rings is 2. The molecule has 1 saturated heterocycles. The van der Waals surface area contributed by atoms with Crippen LogP contribution in [0, 0.1) is 0 Å². The fraction of sp³-hybridized carbons (Fsp3) is 0.269. The molecular weight excluding hydrogens is 533 g/mol. The molecule has 6 nitrogen and oxygen atoms in total. The Balaban J connectivity index is 1.40. The number of carbonyl (C=O) groups excluding carboxylic acids is 2. The highest BCUT2D eigenvalue weighted by molar-refractivity contribution is 6.30. The summed E-state index contributed by atoms with van der Waals surface area (Å²) in [6.45, 7) is -0.154. The molecule has 1 aromatic heterocycles. The molecule has 198 valence electrons. The second-order valence-electron chi connectivity index (χ2n) is 8.93. The van der Waals surface area contributed by atoms with Gasteiger partial charge in [-0.1, -0.05) is 23.7 Å².